The molecule has 29 heavy (non-hydrogen) atoms. The highest BCUT2D eigenvalue weighted by Crippen LogP contribution is 2.41. The first-order chi connectivity index (χ1) is 14.0. The summed E-state index contributed by atoms with van der Waals surface area (Å²) in [5.74, 6) is -0.133. The highest BCUT2D eigenvalue weighted by Gasteiger charge is 2.20. The number of benzene rings is 2. The van der Waals surface area contributed by atoms with Gasteiger partial charge in [0.15, 0.2) is 0 Å². The maximum atomic E-state index is 14.9. The van der Waals surface area contributed by atoms with E-state index in [0.717, 1.165) is 15.7 Å². The number of methoxy groups -OCH3 is 1. The molecule has 0 bridgehead atoms. The summed E-state index contributed by atoms with van der Waals surface area (Å²) >= 11 is 1.33. The summed E-state index contributed by atoms with van der Waals surface area (Å²) in [5, 5.41) is 12.6. The smallest absolute Gasteiger partial charge is 0.411 e. The van der Waals surface area contributed by atoms with Crippen LogP contribution in [0.2, 0.25) is 0 Å². The van der Waals surface area contributed by atoms with Crippen molar-refractivity contribution >= 4 is 44.1 Å². The van der Waals surface area contributed by atoms with E-state index in [1.807, 2.05) is 11.4 Å². The third-order valence-corrected chi connectivity index (χ3v) is 5.76. The molecule has 0 saturated heterocycles. The molecule has 0 fully saturated rings. The number of pyridine rings is 1. The molecule has 8 heteroatoms. The summed E-state index contributed by atoms with van der Waals surface area (Å²) in [4.78, 5) is 27.5. The fourth-order valence-electron chi connectivity index (χ4n) is 3.58. The molecule has 2 aromatic heterocycles. The number of nitrogens with one attached hydrogen (secondary N) is 1. The number of ether oxygens (including phenoxy) is 1. The zero-order valence-corrected chi connectivity index (χ0v) is 16.5. The Balaban J connectivity index is 2.03. The molecule has 2 aromatic carbocycles. The monoisotopic (exact) mass is 412 g/mol. The molecule has 0 aliphatic rings. The largest absolute Gasteiger partial charge is 0.496 e. The van der Waals surface area contributed by atoms with Gasteiger partial charge in [0.25, 0.3) is 5.56 Å². The fourth-order valence-corrected chi connectivity index (χ4v) is 4.37. The SMILES string of the molecule is CCN(C(=O)O)c1ccc(-c2c(OC)ccc3[nH]c(=O)c4sccc4c23)cc1F. The van der Waals surface area contributed by atoms with Gasteiger partial charge in [-0.15, -0.1) is 11.3 Å². The Hall–Kier alpha value is -3.39. The molecule has 0 unspecified atom stereocenters. The van der Waals surface area contributed by atoms with Crippen molar-refractivity contribution in [1.29, 1.82) is 0 Å². The average Bonchev–Trinajstić information content (AvgIpc) is 3.19. The highest BCUT2D eigenvalue weighted by molar-refractivity contribution is 7.17. The Morgan fingerprint density at radius 3 is 2.72 bits per heavy atom. The molecule has 0 saturated carbocycles. The standard InChI is InChI=1S/C21H17FN2O4S/c1-3-24(21(26)27)15-6-4-11(10-13(15)22)17-16(28-2)7-5-14-18(17)12-8-9-29-19(12)20(25)23-14/h4-10H,3H2,1-2H3,(H,23,25)(H,26,27). The normalized spacial score (nSPS) is 11.1. The van der Waals surface area contributed by atoms with Gasteiger partial charge < -0.3 is 14.8 Å². The molecule has 6 nitrogen and oxygen atoms in total. The molecule has 0 atom stereocenters. The highest BCUT2D eigenvalue weighted by atomic mass is 32.1. The third kappa shape index (κ3) is 3.01. The lowest BCUT2D eigenvalue weighted by Crippen LogP contribution is -2.29. The number of carbonyl (C=O) groups is 1. The van der Waals surface area contributed by atoms with Gasteiger partial charge in [0.1, 0.15) is 16.3 Å². The Labute approximate surface area is 168 Å². The summed E-state index contributed by atoms with van der Waals surface area (Å²) in [7, 11) is 1.52. The van der Waals surface area contributed by atoms with Gasteiger partial charge >= 0.3 is 6.09 Å². The lowest BCUT2D eigenvalue weighted by atomic mass is 9.97. The maximum absolute atomic E-state index is 14.9. The molecule has 1 amide bonds. The van der Waals surface area contributed by atoms with Crippen LogP contribution in [0.1, 0.15) is 6.92 Å². The van der Waals surface area contributed by atoms with Crippen molar-refractivity contribution in [2.24, 2.45) is 0 Å². The number of H-pyrrole nitrogens is 1. The fraction of sp³-hybridized carbons (Fsp3) is 0.143. The first-order valence-electron chi connectivity index (χ1n) is 8.86. The van der Waals surface area contributed by atoms with Gasteiger partial charge in [-0.2, -0.15) is 0 Å². The van der Waals surface area contributed by atoms with Crippen LogP contribution in [0.5, 0.6) is 5.75 Å². The zero-order chi connectivity index (χ0) is 20.7. The van der Waals surface area contributed by atoms with Crippen molar-refractivity contribution in [2.45, 2.75) is 6.92 Å². The van der Waals surface area contributed by atoms with Crippen molar-refractivity contribution in [2.75, 3.05) is 18.6 Å². The van der Waals surface area contributed by atoms with E-state index in [2.05, 4.69) is 4.98 Å². The molecule has 4 aromatic rings. The molecule has 148 valence electrons. The van der Waals surface area contributed by atoms with Gasteiger partial charge in [-0.3, -0.25) is 9.69 Å². The van der Waals surface area contributed by atoms with E-state index in [1.54, 1.807) is 25.1 Å². The number of rotatable bonds is 4. The molecule has 2 N–H and O–H groups in total. The van der Waals surface area contributed by atoms with Crippen LogP contribution in [0, 0.1) is 5.82 Å². The number of thiophene rings is 1. The van der Waals surface area contributed by atoms with Gasteiger partial charge in [0.05, 0.1) is 12.8 Å². The summed E-state index contributed by atoms with van der Waals surface area (Å²) < 4.78 is 21.0. The number of amides is 1. The second kappa shape index (κ2) is 7.21. The van der Waals surface area contributed by atoms with Gasteiger partial charge in [-0.05, 0) is 48.2 Å². The van der Waals surface area contributed by atoms with Crippen molar-refractivity contribution < 1.29 is 19.0 Å². The molecule has 0 spiro atoms. The molecule has 4 rings (SSSR count). The Kier molecular flexibility index (Phi) is 4.71. The van der Waals surface area contributed by atoms with Crippen molar-refractivity contribution in [3.8, 4) is 16.9 Å². The lowest BCUT2D eigenvalue weighted by Gasteiger charge is -2.19. The molecule has 2 heterocycles. The summed E-state index contributed by atoms with van der Waals surface area (Å²) in [5.41, 5.74) is 1.57. The summed E-state index contributed by atoms with van der Waals surface area (Å²) in [6.07, 6.45) is -1.22. The van der Waals surface area contributed by atoms with Crippen LogP contribution in [-0.4, -0.2) is 29.8 Å². The maximum Gasteiger partial charge on any atom is 0.411 e. The Morgan fingerprint density at radius 2 is 2.07 bits per heavy atom. The quantitative estimate of drug-likeness (QED) is 0.491. The first-order valence-corrected chi connectivity index (χ1v) is 9.74. The van der Waals surface area contributed by atoms with Crippen LogP contribution in [0.15, 0.2) is 46.6 Å². The topological polar surface area (TPSA) is 82.6 Å². The third-order valence-electron chi connectivity index (χ3n) is 4.85. The second-order valence-electron chi connectivity index (χ2n) is 6.38. The van der Waals surface area contributed by atoms with Crippen molar-refractivity contribution in [3.05, 3.63) is 57.9 Å². The van der Waals surface area contributed by atoms with E-state index in [0.29, 0.717) is 27.1 Å². The number of aromatic nitrogens is 1. The van der Waals surface area contributed by atoms with Gasteiger partial charge in [-0.25, -0.2) is 9.18 Å². The van der Waals surface area contributed by atoms with Gasteiger partial charge in [0, 0.05) is 28.4 Å². The number of nitrogens with zero attached hydrogens (tertiary/aromatic N) is 1. The summed E-state index contributed by atoms with van der Waals surface area (Å²) in [6, 6.07) is 9.72. The minimum atomic E-state index is -1.22. The van der Waals surface area contributed by atoms with Crippen LogP contribution in [-0.2, 0) is 0 Å². The lowest BCUT2D eigenvalue weighted by molar-refractivity contribution is 0.202. The van der Waals surface area contributed by atoms with Crippen LogP contribution >= 0.6 is 11.3 Å². The van der Waals surface area contributed by atoms with E-state index >= 15 is 0 Å². The number of fused-ring (bicyclic) bond motifs is 3. The molecular formula is C21H17FN2O4S. The van der Waals surface area contributed by atoms with Crippen LogP contribution in [0.4, 0.5) is 14.9 Å². The van der Waals surface area contributed by atoms with Crippen molar-refractivity contribution in [3.63, 3.8) is 0 Å². The van der Waals surface area contributed by atoms with Crippen LogP contribution in [0.25, 0.3) is 32.1 Å². The van der Waals surface area contributed by atoms with E-state index in [4.69, 9.17) is 4.74 Å². The number of halogens is 1. The number of aromatic amines is 1. The van der Waals surface area contributed by atoms with E-state index in [9.17, 15) is 19.1 Å². The number of hydrogen-bond acceptors (Lipinski definition) is 4. The van der Waals surface area contributed by atoms with E-state index in [-0.39, 0.29) is 17.8 Å². The van der Waals surface area contributed by atoms with Gasteiger partial charge in [0.2, 0.25) is 0 Å². The Morgan fingerprint density at radius 1 is 1.28 bits per heavy atom. The zero-order valence-electron chi connectivity index (χ0n) is 15.7. The molecule has 0 aliphatic heterocycles. The minimum Gasteiger partial charge on any atom is -0.496 e. The van der Waals surface area contributed by atoms with E-state index < -0.39 is 11.9 Å². The van der Waals surface area contributed by atoms with Crippen molar-refractivity contribution in [1.82, 2.24) is 4.98 Å². The minimum absolute atomic E-state index is 0.0166. The van der Waals surface area contributed by atoms with Gasteiger partial charge in [-0.1, -0.05) is 6.07 Å². The molecule has 0 radical (unpaired) electrons. The number of carboxylic acid groups (broad SMARTS) is 1. The van der Waals surface area contributed by atoms with Crippen LogP contribution in [0.3, 0.4) is 0 Å². The predicted octanol–water partition coefficient (Wildman–Crippen LogP) is 5.06. The number of hydrogen-bond donors (Lipinski definition) is 2. The van der Waals surface area contributed by atoms with E-state index in [1.165, 1.54) is 30.6 Å². The number of anilines is 1. The predicted molar refractivity (Wildman–Crippen MR) is 113 cm³/mol. The van der Waals surface area contributed by atoms with Crippen LogP contribution < -0.4 is 15.2 Å². The average molecular weight is 412 g/mol. The Bertz CT molecular complexity index is 1310. The molecule has 0 aliphatic carbocycles. The first kappa shape index (κ1) is 18.9. The second-order valence-corrected chi connectivity index (χ2v) is 7.29. The summed E-state index contributed by atoms with van der Waals surface area (Å²) in [6.45, 7) is 1.76. The molecular weight excluding hydrogens is 395 g/mol.